The van der Waals surface area contributed by atoms with Gasteiger partial charge in [-0.15, -0.1) is 0 Å². The van der Waals surface area contributed by atoms with Crippen molar-refractivity contribution >= 4 is 35.5 Å². The first-order chi connectivity index (χ1) is 22.6. The van der Waals surface area contributed by atoms with Gasteiger partial charge in [0.25, 0.3) is 5.91 Å². The van der Waals surface area contributed by atoms with Crippen molar-refractivity contribution in [1.29, 1.82) is 0 Å². The van der Waals surface area contributed by atoms with E-state index in [0.717, 1.165) is 44.9 Å². The van der Waals surface area contributed by atoms with Gasteiger partial charge in [0.05, 0.1) is 12.3 Å². The molecule has 1 aromatic rings. The van der Waals surface area contributed by atoms with Gasteiger partial charge >= 0.3 is 12.0 Å². The molecule has 5 rings (SSSR count). The number of rotatable bonds is 13. The number of esters is 1. The highest BCUT2D eigenvalue weighted by Crippen LogP contribution is 2.65. The molecular formula is C35H51N5O8. The Morgan fingerprint density at radius 1 is 1.02 bits per heavy atom. The number of nitrogens with one attached hydrogen (secondary N) is 3. The van der Waals surface area contributed by atoms with Crippen LogP contribution in [0.25, 0.3) is 0 Å². The lowest BCUT2D eigenvalue weighted by molar-refractivity contribution is -0.150. The van der Waals surface area contributed by atoms with E-state index >= 15 is 0 Å². The summed E-state index contributed by atoms with van der Waals surface area (Å²) in [7, 11) is 0. The molecule has 13 nitrogen and oxygen atoms in total. The molecule has 4 aliphatic rings. The molecule has 0 spiro atoms. The van der Waals surface area contributed by atoms with Crippen LogP contribution in [0.4, 0.5) is 4.79 Å². The number of ketones is 1. The number of furan rings is 1. The van der Waals surface area contributed by atoms with E-state index in [9.17, 15) is 28.8 Å². The van der Waals surface area contributed by atoms with Gasteiger partial charge in [0.2, 0.25) is 17.6 Å². The fourth-order valence-electron chi connectivity index (χ4n) is 7.75. The van der Waals surface area contributed by atoms with Crippen LogP contribution in [0.1, 0.15) is 91.7 Å². The first-order valence-electron chi connectivity index (χ1n) is 17.3. The monoisotopic (exact) mass is 669 g/mol. The predicted octanol–water partition coefficient (Wildman–Crippen LogP) is 2.81. The molecule has 5 amide bonds. The highest BCUT2D eigenvalue weighted by atomic mass is 16.5. The van der Waals surface area contributed by atoms with Crippen LogP contribution in [-0.4, -0.2) is 71.1 Å². The van der Waals surface area contributed by atoms with Gasteiger partial charge in [-0.25, -0.2) is 9.59 Å². The molecule has 264 valence electrons. The molecule has 0 bridgehead atoms. The van der Waals surface area contributed by atoms with Gasteiger partial charge in [-0.05, 0) is 65.9 Å². The third-order valence-electron chi connectivity index (χ3n) is 10.9. The van der Waals surface area contributed by atoms with E-state index in [2.05, 4.69) is 29.8 Å². The molecule has 3 aliphatic carbocycles. The molecule has 3 saturated carbocycles. The van der Waals surface area contributed by atoms with E-state index in [1.165, 1.54) is 6.26 Å². The van der Waals surface area contributed by atoms with Crippen LogP contribution in [0.2, 0.25) is 0 Å². The topological polar surface area (TPSA) is 190 Å². The van der Waals surface area contributed by atoms with Crippen molar-refractivity contribution in [1.82, 2.24) is 20.9 Å². The van der Waals surface area contributed by atoms with Crippen LogP contribution in [0.3, 0.4) is 0 Å². The van der Waals surface area contributed by atoms with E-state index in [1.807, 2.05) is 0 Å². The second kappa shape index (κ2) is 13.9. The normalized spacial score (nSPS) is 25.2. The quantitative estimate of drug-likeness (QED) is 0.182. The van der Waals surface area contributed by atoms with Gasteiger partial charge in [-0.3, -0.25) is 19.2 Å². The number of piperidine rings is 1. The lowest BCUT2D eigenvalue weighted by atomic mass is 9.83. The SMILES string of the molecule is CC(C)(C)[C@H](NC(=O)N[C@H](C(=O)N1C[C@H]2[C@@H]([C@H]1C(=O)NC(CC1CC1)C(=O)C(N)=O)C2(C)C)C1CCCCC1)C(=O)OCc1ccco1. The summed E-state index contributed by atoms with van der Waals surface area (Å²) in [6.07, 6.45) is 7.93. The zero-order valence-corrected chi connectivity index (χ0v) is 28.7. The van der Waals surface area contributed by atoms with E-state index < -0.39 is 59.2 Å². The fraction of sp³-hybridized carbons (Fsp3) is 0.714. The smallest absolute Gasteiger partial charge is 0.329 e. The molecule has 0 radical (unpaired) electrons. The average molecular weight is 670 g/mol. The van der Waals surface area contributed by atoms with Gasteiger partial charge in [0.15, 0.2) is 0 Å². The van der Waals surface area contributed by atoms with E-state index in [1.54, 1.807) is 37.8 Å². The first kappa shape index (κ1) is 35.4. The standard InChI is InChI=1S/C35H51N5O8/c1-34(2,3)28(32(45)48-18-21-12-9-15-47-21)39-33(46)38-25(20-10-7-6-8-11-20)31(44)40-17-22-24(35(22,4)5)26(40)30(43)37-23(16-19-13-14-19)27(41)29(36)42/h9,12,15,19-20,22-26,28H,6-8,10-11,13-14,16-18H2,1-5H3,(H2,36,42)(H,37,43)(H2,38,39,46)/t22-,23?,24-,25-,26-,28+/m0/s1. The third kappa shape index (κ3) is 7.86. The second-order valence-electron chi connectivity index (χ2n) is 15.8. The maximum absolute atomic E-state index is 14.5. The Balaban J connectivity index is 1.33. The van der Waals surface area contributed by atoms with E-state index in [0.29, 0.717) is 18.7 Å². The van der Waals surface area contributed by atoms with Gasteiger partial charge in [-0.2, -0.15) is 0 Å². The molecule has 48 heavy (non-hydrogen) atoms. The van der Waals surface area contributed by atoms with E-state index in [4.69, 9.17) is 14.9 Å². The number of ether oxygens (including phenoxy) is 1. The van der Waals surface area contributed by atoms with Crippen molar-refractivity contribution < 1.29 is 37.9 Å². The van der Waals surface area contributed by atoms with Crippen LogP contribution in [0, 0.1) is 34.5 Å². The number of hydrogen-bond donors (Lipinski definition) is 4. The Labute approximate surface area is 281 Å². The van der Waals surface area contributed by atoms with Gasteiger partial charge < -0.3 is 35.7 Å². The molecule has 1 saturated heterocycles. The summed E-state index contributed by atoms with van der Waals surface area (Å²) in [5.41, 5.74) is 4.41. The lowest BCUT2D eigenvalue weighted by Crippen LogP contribution is -2.61. The second-order valence-corrected chi connectivity index (χ2v) is 15.8. The fourth-order valence-corrected chi connectivity index (χ4v) is 7.75. The van der Waals surface area contributed by atoms with Gasteiger partial charge in [0, 0.05) is 6.54 Å². The zero-order chi connectivity index (χ0) is 35.0. The number of nitrogens with zero attached hydrogens (tertiary/aromatic N) is 1. The van der Waals surface area contributed by atoms with Crippen molar-refractivity contribution in [2.24, 2.45) is 40.2 Å². The van der Waals surface area contributed by atoms with E-state index in [-0.39, 0.29) is 41.6 Å². The number of hydrogen-bond acceptors (Lipinski definition) is 8. The minimum atomic E-state index is -1.10. The summed E-state index contributed by atoms with van der Waals surface area (Å²) >= 11 is 0. The minimum absolute atomic E-state index is 0.0703. The summed E-state index contributed by atoms with van der Waals surface area (Å²) < 4.78 is 10.7. The average Bonchev–Trinajstić information content (AvgIpc) is 3.74. The molecule has 1 aliphatic heterocycles. The summed E-state index contributed by atoms with van der Waals surface area (Å²) in [5, 5.41) is 8.43. The van der Waals surface area contributed by atoms with Crippen molar-refractivity contribution in [2.45, 2.75) is 117 Å². The number of nitrogens with two attached hydrogens (primary N) is 1. The van der Waals surface area contributed by atoms with Crippen LogP contribution >= 0.6 is 0 Å². The number of Topliss-reactive ketones (excluding diaryl/α,β-unsaturated/α-hetero) is 1. The minimum Gasteiger partial charge on any atom is -0.466 e. The summed E-state index contributed by atoms with van der Waals surface area (Å²) in [6, 6.07) is -1.19. The Morgan fingerprint density at radius 3 is 2.29 bits per heavy atom. The van der Waals surface area contributed by atoms with Gasteiger partial charge in [-0.1, -0.05) is 66.7 Å². The maximum Gasteiger partial charge on any atom is 0.329 e. The molecule has 13 heteroatoms. The van der Waals surface area contributed by atoms with Crippen LogP contribution in [-0.2, 0) is 35.3 Å². The number of fused-ring (bicyclic) bond motifs is 1. The molecular weight excluding hydrogens is 618 g/mol. The van der Waals surface area contributed by atoms with Crippen molar-refractivity contribution in [2.75, 3.05) is 6.54 Å². The Bertz CT molecular complexity index is 1390. The molecule has 0 aromatic carbocycles. The Hall–Kier alpha value is -3.90. The number of carbonyl (C=O) groups excluding carboxylic acids is 6. The molecule has 5 N–H and O–H groups in total. The molecule has 1 aromatic heterocycles. The number of likely N-dealkylation sites (tertiary alicyclic amines) is 1. The molecule has 4 fully saturated rings. The van der Waals surface area contributed by atoms with Crippen molar-refractivity contribution in [3.05, 3.63) is 24.2 Å². The summed E-state index contributed by atoms with van der Waals surface area (Å²) in [5.74, 6) is -2.96. The van der Waals surface area contributed by atoms with Gasteiger partial charge in [0.1, 0.15) is 30.5 Å². The lowest BCUT2D eigenvalue weighted by Gasteiger charge is -2.37. The third-order valence-corrected chi connectivity index (χ3v) is 10.9. The Kier molecular flexibility index (Phi) is 10.3. The first-order valence-corrected chi connectivity index (χ1v) is 17.3. The highest BCUT2D eigenvalue weighted by molar-refractivity contribution is 6.37. The maximum atomic E-state index is 14.5. The predicted molar refractivity (Wildman–Crippen MR) is 174 cm³/mol. The zero-order valence-electron chi connectivity index (χ0n) is 28.7. The van der Waals surface area contributed by atoms with Crippen LogP contribution < -0.4 is 21.7 Å². The molecule has 6 atom stereocenters. The van der Waals surface area contributed by atoms with Crippen molar-refractivity contribution in [3.63, 3.8) is 0 Å². The van der Waals surface area contributed by atoms with Crippen LogP contribution in [0.15, 0.2) is 22.8 Å². The molecule has 2 heterocycles. The summed E-state index contributed by atoms with van der Waals surface area (Å²) in [6.45, 7) is 9.77. The van der Waals surface area contributed by atoms with Crippen LogP contribution in [0.5, 0.6) is 0 Å². The van der Waals surface area contributed by atoms with Crippen molar-refractivity contribution in [3.8, 4) is 0 Å². The number of carbonyl (C=O) groups is 6. The summed E-state index contributed by atoms with van der Waals surface area (Å²) in [4.78, 5) is 81.2. The number of urea groups is 1. The molecule has 1 unspecified atom stereocenters. The number of primary amides is 1. The largest absolute Gasteiger partial charge is 0.466 e. The highest BCUT2D eigenvalue weighted by Gasteiger charge is 2.69. The number of amides is 5. The Morgan fingerprint density at radius 2 is 1.71 bits per heavy atom.